The van der Waals surface area contributed by atoms with E-state index in [-0.39, 0.29) is 24.3 Å². The number of aromatic nitrogens is 3. The van der Waals surface area contributed by atoms with Gasteiger partial charge >= 0.3 is 0 Å². The molecule has 2 aromatic heterocycles. The van der Waals surface area contributed by atoms with Gasteiger partial charge in [0, 0.05) is 55.9 Å². The number of aryl methyl sites for hydroxylation is 1. The van der Waals surface area contributed by atoms with Crippen LogP contribution in [0.25, 0.3) is 0 Å². The lowest BCUT2D eigenvalue weighted by Gasteiger charge is -2.26. The van der Waals surface area contributed by atoms with Crippen molar-refractivity contribution in [1.29, 1.82) is 0 Å². The molecule has 3 rings (SSSR count). The van der Waals surface area contributed by atoms with E-state index in [1.54, 1.807) is 27.9 Å². The lowest BCUT2D eigenvalue weighted by molar-refractivity contribution is -0.129. The van der Waals surface area contributed by atoms with E-state index < -0.39 is 5.92 Å². The van der Waals surface area contributed by atoms with E-state index in [0.717, 1.165) is 23.7 Å². The minimum atomic E-state index is -0.401. The first-order valence-electron chi connectivity index (χ1n) is 8.61. The summed E-state index contributed by atoms with van der Waals surface area (Å²) in [7, 11) is 0. The van der Waals surface area contributed by atoms with Crippen LogP contribution in [-0.2, 0) is 22.6 Å². The number of hydrogen-bond donors (Lipinski definition) is 1. The summed E-state index contributed by atoms with van der Waals surface area (Å²) in [5.41, 5.74) is 1.78. The average molecular weight is 361 g/mol. The summed E-state index contributed by atoms with van der Waals surface area (Å²) in [4.78, 5) is 36.5. The fraction of sp³-hybridized carbons (Fsp3) is 0.529. The number of carbonyl (C=O) groups excluding carboxylic acids is 2. The molecular formula is C17H23N5O2S. The molecule has 0 bridgehead atoms. The number of nitrogens with one attached hydrogen (secondary N) is 1. The number of amides is 2. The first kappa shape index (κ1) is 17.6. The van der Waals surface area contributed by atoms with Gasteiger partial charge in [-0.1, -0.05) is 0 Å². The summed E-state index contributed by atoms with van der Waals surface area (Å²) in [6.07, 6.45) is 6.43. The average Bonchev–Trinajstić information content (AvgIpc) is 3.33. The van der Waals surface area contributed by atoms with E-state index in [0.29, 0.717) is 13.1 Å². The number of likely N-dealkylation sites (tertiary alicyclic amines) is 1. The van der Waals surface area contributed by atoms with E-state index in [4.69, 9.17) is 0 Å². The second kappa shape index (κ2) is 7.77. The van der Waals surface area contributed by atoms with Crippen LogP contribution in [0.5, 0.6) is 0 Å². The topological polar surface area (TPSA) is 80.1 Å². The molecule has 0 radical (unpaired) electrons. The van der Waals surface area contributed by atoms with Gasteiger partial charge in [-0.3, -0.25) is 14.6 Å². The number of thiazole rings is 1. The molecule has 1 aliphatic heterocycles. The van der Waals surface area contributed by atoms with E-state index in [2.05, 4.69) is 15.3 Å². The summed E-state index contributed by atoms with van der Waals surface area (Å²) in [6, 6.07) is -0.296. The number of rotatable bonds is 7. The predicted molar refractivity (Wildman–Crippen MR) is 95.0 cm³/mol. The lowest BCUT2D eigenvalue weighted by Crippen LogP contribution is -2.37. The highest BCUT2D eigenvalue weighted by Crippen LogP contribution is 2.37. The maximum atomic E-state index is 12.7. The van der Waals surface area contributed by atoms with Crippen LogP contribution < -0.4 is 5.32 Å². The monoisotopic (exact) mass is 361 g/mol. The van der Waals surface area contributed by atoms with E-state index >= 15 is 0 Å². The molecule has 134 valence electrons. The third-order valence-corrected chi connectivity index (χ3v) is 5.46. The molecule has 1 N–H and O–H groups in total. The van der Waals surface area contributed by atoms with Gasteiger partial charge in [-0.25, -0.2) is 4.98 Å². The lowest BCUT2D eigenvalue weighted by atomic mass is 9.98. The Labute approximate surface area is 151 Å². The largest absolute Gasteiger partial charge is 0.355 e. The molecule has 7 nitrogen and oxygen atoms in total. The Hall–Kier alpha value is -2.22. The van der Waals surface area contributed by atoms with Gasteiger partial charge in [0.15, 0.2) is 0 Å². The Balaban J connectivity index is 1.73. The number of carbonyl (C=O) groups is 2. The smallest absolute Gasteiger partial charge is 0.226 e. The summed E-state index contributed by atoms with van der Waals surface area (Å²) in [5, 5.41) is 2.98. The number of hydrogen-bond acceptors (Lipinski definition) is 5. The van der Waals surface area contributed by atoms with Crippen LogP contribution in [0.1, 0.15) is 37.0 Å². The van der Waals surface area contributed by atoms with E-state index in [9.17, 15) is 9.59 Å². The van der Waals surface area contributed by atoms with Gasteiger partial charge in [0.1, 0.15) is 11.9 Å². The second-order valence-corrected chi connectivity index (χ2v) is 6.99. The Morgan fingerprint density at radius 3 is 2.92 bits per heavy atom. The van der Waals surface area contributed by atoms with Crippen LogP contribution in [-0.4, -0.2) is 44.3 Å². The van der Waals surface area contributed by atoms with Crippen molar-refractivity contribution < 1.29 is 9.59 Å². The van der Waals surface area contributed by atoms with Gasteiger partial charge in [-0.15, -0.1) is 11.3 Å². The van der Waals surface area contributed by atoms with Crippen molar-refractivity contribution >= 4 is 23.2 Å². The molecule has 2 atom stereocenters. The Kier molecular flexibility index (Phi) is 5.47. The second-order valence-electron chi connectivity index (χ2n) is 6.02. The van der Waals surface area contributed by atoms with Crippen LogP contribution in [0, 0.1) is 5.92 Å². The van der Waals surface area contributed by atoms with Crippen molar-refractivity contribution in [2.75, 3.05) is 13.1 Å². The molecule has 1 aliphatic rings. The normalized spacial score (nSPS) is 20.2. The van der Waals surface area contributed by atoms with Gasteiger partial charge < -0.3 is 14.8 Å². The Bertz CT molecular complexity index is 727. The van der Waals surface area contributed by atoms with E-state index in [1.165, 1.54) is 0 Å². The third kappa shape index (κ3) is 3.58. The zero-order valence-electron chi connectivity index (χ0n) is 14.5. The minimum absolute atomic E-state index is 0.0146. The standard InChI is InChI=1S/C17H23N5O2S/c1-3-21-8-7-19-16(21)15-13(9-14(23)22(15)4-2)17(24)20-6-5-12-10-18-11-25-12/h7-8,10-11,13,15H,3-6,9H2,1-2H3,(H,20,24)/t13-,15-/m0/s1. The van der Waals surface area contributed by atoms with Gasteiger partial charge in [-0.05, 0) is 13.8 Å². The van der Waals surface area contributed by atoms with Gasteiger partial charge in [0.05, 0.1) is 11.4 Å². The SMILES string of the molecule is CCN1C(=O)C[C@H](C(=O)NCCc2cncs2)[C@H]1c1nccn1CC. The molecule has 0 spiro atoms. The third-order valence-electron chi connectivity index (χ3n) is 4.62. The van der Waals surface area contributed by atoms with Gasteiger partial charge in [-0.2, -0.15) is 0 Å². The first-order valence-corrected chi connectivity index (χ1v) is 9.49. The van der Waals surface area contributed by atoms with Crippen LogP contribution in [0.3, 0.4) is 0 Å². The Morgan fingerprint density at radius 1 is 1.40 bits per heavy atom. The van der Waals surface area contributed by atoms with Crippen molar-refractivity contribution in [2.45, 2.75) is 39.3 Å². The minimum Gasteiger partial charge on any atom is -0.355 e. The van der Waals surface area contributed by atoms with Crippen LogP contribution in [0.4, 0.5) is 0 Å². The predicted octanol–water partition coefficient (Wildman–Crippen LogP) is 1.63. The molecule has 0 aromatic carbocycles. The molecular weight excluding hydrogens is 338 g/mol. The summed E-state index contributed by atoms with van der Waals surface area (Å²) < 4.78 is 2.00. The van der Waals surface area contributed by atoms with Crippen molar-refractivity contribution in [1.82, 2.24) is 24.8 Å². The zero-order valence-corrected chi connectivity index (χ0v) is 15.3. The van der Waals surface area contributed by atoms with Crippen molar-refractivity contribution in [2.24, 2.45) is 5.92 Å². The van der Waals surface area contributed by atoms with Gasteiger partial charge in [0.2, 0.25) is 11.8 Å². The molecule has 8 heteroatoms. The molecule has 25 heavy (non-hydrogen) atoms. The highest BCUT2D eigenvalue weighted by Gasteiger charge is 2.45. The zero-order chi connectivity index (χ0) is 17.8. The molecule has 1 fully saturated rings. The summed E-state index contributed by atoms with van der Waals surface area (Å²) in [5.74, 6) is 0.324. The number of imidazole rings is 1. The van der Waals surface area contributed by atoms with E-state index in [1.807, 2.05) is 30.8 Å². The Morgan fingerprint density at radius 2 is 2.24 bits per heavy atom. The molecule has 2 aromatic rings. The fourth-order valence-corrected chi connectivity index (χ4v) is 3.98. The molecule has 1 saturated heterocycles. The van der Waals surface area contributed by atoms with Crippen LogP contribution in [0.15, 0.2) is 24.1 Å². The summed E-state index contributed by atoms with van der Waals surface area (Å²) in [6.45, 7) is 5.85. The molecule has 2 amide bonds. The highest BCUT2D eigenvalue weighted by atomic mass is 32.1. The maximum Gasteiger partial charge on any atom is 0.226 e. The van der Waals surface area contributed by atoms with Crippen LogP contribution >= 0.6 is 11.3 Å². The maximum absolute atomic E-state index is 12.7. The van der Waals surface area contributed by atoms with Crippen LogP contribution in [0.2, 0.25) is 0 Å². The highest BCUT2D eigenvalue weighted by molar-refractivity contribution is 7.09. The molecule has 0 saturated carbocycles. The van der Waals surface area contributed by atoms with Crippen molar-refractivity contribution in [3.05, 3.63) is 34.8 Å². The quantitative estimate of drug-likeness (QED) is 0.813. The van der Waals surface area contributed by atoms with Crippen molar-refractivity contribution in [3.63, 3.8) is 0 Å². The van der Waals surface area contributed by atoms with Gasteiger partial charge in [0.25, 0.3) is 0 Å². The molecule has 0 unspecified atom stereocenters. The molecule has 3 heterocycles. The molecule has 0 aliphatic carbocycles. The first-order chi connectivity index (χ1) is 12.2. The van der Waals surface area contributed by atoms with Crippen molar-refractivity contribution in [3.8, 4) is 0 Å². The number of nitrogens with zero attached hydrogens (tertiary/aromatic N) is 4. The summed E-state index contributed by atoms with van der Waals surface area (Å²) >= 11 is 1.58. The fourth-order valence-electron chi connectivity index (χ4n) is 3.38.